The van der Waals surface area contributed by atoms with Crippen LogP contribution in [0.3, 0.4) is 0 Å². The van der Waals surface area contributed by atoms with Gasteiger partial charge in [0.25, 0.3) is 0 Å². The zero-order valence-electron chi connectivity index (χ0n) is 9.77. The Morgan fingerprint density at radius 1 is 1.28 bits per heavy atom. The Morgan fingerprint density at radius 3 is 2.56 bits per heavy atom. The lowest BCUT2D eigenvalue weighted by Crippen LogP contribution is -2.11. The number of nitrogens with zero attached hydrogens (tertiary/aromatic N) is 1. The highest BCUT2D eigenvalue weighted by Crippen LogP contribution is 2.21. The van der Waals surface area contributed by atoms with E-state index in [9.17, 15) is 4.39 Å². The molecule has 0 aliphatic carbocycles. The molecule has 0 atom stereocenters. The first kappa shape index (κ1) is 12.0. The average molecular weight is 245 g/mol. The van der Waals surface area contributed by atoms with E-state index in [0.717, 1.165) is 0 Å². The Morgan fingerprint density at radius 2 is 1.94 bits per heavy atom. The second-order valence-corrected chi connectivity index (χ2v) is 3.81. The van der Waals surface area contributed by atoms with Gasteiger partial charge in [0.05, 0.1) is 0 Å². The van der Waals surface area contributed by atoms with Crippen molar-refractivity contribution in [2.45, 2.75) is 6.92 Å². The van der Waals surface area contributed by atoms with Crippen molar-refractivity contribution in [3.63, 3.8) is 0 Å². The van der Waals surface area contributed by atoms with E-state index in [1.54, 1.807) is 19.1 Å². The van der Waals surface area contributed by atoms with E-state index in [-0.39, 0.29) is 11.7 Å². The van der Waals surface area contributed by atoms with Crippen molar-refractivity contribution >= 4 is 5.84 Å². The maximum Gasteiger partial charge on any atom is 0.220 e. The van der Waals surface area contributed by atoms with Crippen LogP contribution in [0.2, 0.25) is 0 Å². The van der Waals surface area contributed by atoms with Crippen LogP contribution in [0.5, 0.6) is 11.6 Å². The Balaban J connectivity index is 2.28. The molecule has 0 fully saturated rings. The zero-order chi connectivity index (χ0) is 13.1. The number of nitrogens with two attached hydrogens (primary N) is 1. The summed E-state index contributed by atoms with van der Waals surface area (Å²) in [7, 11) is 0. The van der Waals surface area contributed by atoms with E-state index < -0.39 is 0 Å². The van der Waals surface area contributed by atoms with Gasteiger partial charge in [0.15, 0.2) is 0 Å². The minimum absolute atomic E-state index is 0.0514. The number of amidine groups is 1. The summed E-state index contributed by atoms with van der Waals surface area (Å²) in [6.07, 6.45) is 0. The van der Waals surface area contributed by atoms with Crippen LogP contribution < -0.4 is 10.5 Å². The number of rotatable bonds is 3. The molecule has 0 aliphatic rings. The average Bonchev–Trinajstić information content (AvgIpc) is 2.31. The van der Waals surface area contributed by atoms with Crippen molar-refractivity contribution in [2.75, 3.05) is 0 Å². The summed E-state index contributed by atoms with van der Waals surface area (Å²) in [5.41, 5.74) is 6.65. The van der Waals surface area contributed by atoms with E-state index in [2.05, 4.69) is 4.98 Å². The Labute approximate surface area is 104 Å². The molecule has 0 spiro atoms. The second-order valence-electron chi connectivity index (χ2n) is 3.81. The number of nitrogen functional groups attached to an aromatic ring is 1. The maximum absolute atomic E-state index is 12.7. The molecule has 18 heavy (non-hydrogen) atoms. The van der Waals surface area contributed by atoms with Gasteiger partial charge in [-0.05, 0) is 37.3 Å². The van der Waals surface area contributed by atoms with E-state index >= 15 is 0 Å². The first-order valence-electron chi connectivity index (χ1n) is 5.31. The summed E-state index contributed by atoms with van der Waals surface area (Å²) in [4.78, 5) is 4.17. The number of hydrogen-bond acceptors (Lipinski definition) is 3. The summed E-state index contributed by atoms with van der Waals surface area (Å²) in [5, 5.41) is 7.38. The lowest BCUT2D eigenvalue weighted by molar-refractivity contribution is 0.460. The minimum atomic E-state index is -0.330. The number of aryl methyl sites for hydroxylation is 1. The highest BCUT2D eigenvalue weighted by Gasteiger charge is 2.05. The fourth-order valence-electron chi connectivity index (χ4n) is 1.47. The number of pyridine rings is 1. The molecule has 4 nitrogen and oxygen atoms in total. The van der Waals surface area contributed by atoms with Crippen molar-refractivity contribution < 1.29 is 9.13 Å². The summed E-state index contributed by atoms with van der Waals surface area (Å²) < 4.78 is 18.2. The minimum Gasteiger partial charge on any atom is -0.439 e. The monoisotopic (exact) mass is 245 g/mol. The van der Waals surface area contributed by atoms with Gasteiger partial charge in [0.2, 0.25) is 5.88 Å². The van der Waals surface area contributed by atoms with E-state index in [1.165, 1.54) is 24.3 Å². The number of nitrogens with one attached hydrogen (secondary N) is 1. The molecule has 2 aromatic rings. The predicted molar refractivity (Wildman–Crippen MR) is 66.5 cm³/mol. The summed E-state index contributed by atoms with van der Waals surface area (Å²) >= 11 is 0. The molecule has 0 saturated carbocycles. The molecule has 0 aliphatic heterocycles. The fourth-order valence-corrected chi connectivity index (χ4v) is 1.47. The smallest absolute Gasteiger partial charge is 0.220 e. The molecule has 0 saturated heterocycles. The maximum atomic E-state index is 12.7. The SMILES string of the molecule is Cc1cc(C(=N)N)cc(Oc2ccc(F)cc2)n1. The fraction of sp³-hybridized carbons (Fsp3) is 0.0769. The quantitative estimate of drug-likeness (QED) is 0.645. The molecule has 1 heterocycles. The van der Waals surface area contributed by atoms with Gasteiger partial charge >= 0.3 is 0 Å². The lowest BCUT2D eigenvalue weighted by Gasteiger charge is -2.07. The molecule has 0 amide bonds. The van der Waals surface area contributed by atoms with E-state index in [0.29, 0.717) is 22.9 Å². The van der Waals surface area contributed by atoms with Crippen LogP contribution in [-0.4, -0.2) is 10.8 Å². The van der Waals surface area contributed by atoms with Gasteiger partial charge in [-0.3, -0.25) is 5.41 Å². The molecule has 1 aromatic carbocycles. The largest absolute Gasteiger partial charge is 0.439 e. The third-order valence-electron chi connectivity index (χ3n) is 2.28. The summed E-state index contributed by atoms with van der Waals surface area (Å²) in [6, 6.07) is 8.88. The summed E-state index contributed by atoms with van der Waals surface area (Å²) in [6.45, 7) is 1.78. The van der Waals surface area contributed by atoms with E-state index in [4.69, 9.17) is 15.9 Å². The zero-order valence-corrected chi connectivity index (χ0v) is 9.77. The van der Waals surface area contributed by atoms with Crippen molar-refractivity contribution in [1.82, 2.24) is 4.98 Å². The third-order valence-corrected chi connectivity index (χ3v) is 2.28. The molecule has 5 heteroatoms. The van der Waals surface area contributed by atoms with Crippen LogP contribution in [0.15, 0.2) is 36.4 Å². The lowest BCUT2D eigenvalue weighted by atomic mass is 10.2. The van der Waals surface area contributed by atoms with Crippen LogP contribution in [-0.2, 0) is 0 Å². The van der Waals surface area contributed by atoms with Crippen molar-refractivity contribution in [3.05, 3.63) is 53.5 Å². The van der Waals surface area contributed by atoms with Gasteiger partial charge in [0.1, 0.15) is 17.4 Å². The van der Waals surface area contributed by atoms with Gasteiger partial charge in [-0.2, -0.15) is 0 Å². The molecule has 0 unspecified atom stereocenters. The van der Waals surface area contributed by atoms with Crippen molar-refractivity contribution in [2.24, 2.45) is 5.73 Å². The molecule has 0 bridgehead atoms. The van der Waals surface area contributed by atoms with Gasteiger partial charge in [-0.25, -0.2) is 9.37 Å². The molecule has 0 radical (unpaired) electrons. The van der Waals surface area contributed by atoms with Crippen molar-refractivity contribution in [3.8, 4) is 11.6 Å². The third kappa shape index (κ3) is 2.82. The normalized spacial score (nSPS) is 10.1. The van der Waals surface area contributed by atoms with Gasteiger partial charge < -0.3 is 10.5 Å². The van der Waals surface area contributed by atoms with Crippen LogP contribution in [0.1, 0.15) is 11.3 Å². The molecular weight excluding hydrogens is 233 g/mol. The van der Waals surface area contributed by atoms with Gasteiger partial charge in [-0.15, -0.1) is 0 Å². The number of benzene rings is 1. The molecule has 92 valence electrons. The first-order chi connectivity index (χ1) is 8.54. The Hall–Kier alpha value is -2.43. The topological polar surface area (TPSA) is 72.0 Å². The van der Waals surface area contributed by atoms with Crippen LogP contribution in [0.4, 0.5) is 4.39 Å². The van der Waals surface area contributed by atoms with Crippen molar-refractivity contribution in [1.29, 1.82) is 5.41 Å². The van der Waals surface area contributed by atoms with Gasteiger partial charge in [0, 0.05) is 17.3 Å². The van der Waals surface area contributed by atoms with Crippen LogP contribution >= 0.6 is 0 Å². The second kappa shape index (κ2) is 4.83. The number of hydrogen-bond donors (Lipinski definition) is 2. The molecule has 1 aromatic heterocycles. The van der Waals surface area contributed by atoms with Crippen LogP contribution in [0.25, 0.3) is 0 Å². The molecule has 3 N–H and O–H groups in total. The van der Waals surface area contributed by atoms with Gasteiger partial charge in [-0.1, -0.05) is 0 Å². The highest BCUT2D eigenvalue weighted by molar-refractivity contribution is 5.95. The molecule has 2 rings (SSSR count). The predicted octanol–water partition coefficient (Wildman–Crippen LogP) is 2.61. The summed E-state index contributed by atoms with van der Waals surface area (Å²) in [5.74, 6) is 0.421. The number of ether oxygens (including phenoxy) is 1. The molecular formula is C13H12FN3O. The highest BCUT2D eigenvalue weighted by atomic mass is 19.1. The van der Waals surface area contributed by atoms with Crippen LogP contribution in [0, 0.1) is 18.2 Å². The number of aromatic nitrogens is 1. The number of halogens is 1. The van der Waals surface area contributed by atoms with E-state index in [1.807, 2.05) is 0 Å². The Kier molecular flexibility index (Phi) is 3.23. The Bertz CT molecular complexity index is 581. The standard InChI is InChI=1S/C13H12FN3O/c1-8-6-9(13(15)16)7-12(17-8)18-11-4-2-10(14)3-5-11/h2-7H,1H3,(H3,15,16). The first-order valence-corrected chi connectivity index (χ1v) is 5.31.